The third-order valence-corrected chi connectivity index (χ3v) is 5.32. The average Bonchev–Trinajstić information content (AvgIpc) is 3.26. The molecule has 3 nitrogen and oxygen atoms in total. The number of benzene rings is 1. The van der Waals surface area contributed by atoms with Crippen molar-refractivity contribution in [1.29, 1.82) is 0 Å². The van der Waals surface area contributed by atoms with Crippen molar-refractivity contribution in [2.75, 3.05) is 25.0 Å². The minimum atomic E-state index is 0.266. The van der Waals surface area contributed by atoms with Crippen molar-refractivity contribution < 1.29 is 4.79 Å². The van der Waals surface area contributed by atoms with E-state index in [0.29, 0.717) is 11.8 Å². The van der Waals surface area contributed by atoms with Crippen LogP contribution in [-0.4, -0.2) is 30.4 Å². The van der Waals surface area contributed by atoms with Crippen LogP contribution >= 0.6 is 0 Å². The monoisotopic (exact) mass is 270 g/mol. The summed E-state index contributed by atoms with van der Waals surface area (Å²) in [6, 6.07) is 6.73. The number of piperidine rings is 1. The van der Waals surface area contributed by atoms with Crippen LogP contribution in [0.1, 0.15) is 36.8 Å². The molecule has 0 unspecified atom stereocenters. The number of amides is 1. The summed E-state index contributed by atoms with van der Waals surface area (Å²) in [4.78, 5) is 14.3. The summed E-state index contributed by atoms with van der Waals surface area (Å²) in [5.41, 5.74) is 4.39. The van der Waals surface area contributed by atoms with E-state index in [1.807, 2.05) is 0 Å². The summed E-state index contributed by atoms with van der Waals surface area (Å²) >= 11 is 0. The Labute approximate surface area is 120 Å². The molecule has 0 atom stereocenters. The first-order valence-electron chi connectivity index (χ1n) is 7.82. The molecule has 1 spiro atoms. The number of hydrogen-bond donors (Lipinski definition) is 1. The van der Waals surface area contributed by atoms with Crippen LogP contribution in [0.5, 0.6) is 0 Å². The maximum Gasteiger partial charge on any atom is 0.225 e. The highest BCUT2D eigenvalue weighted by Crippen LogP contribution is 2.45. The van der Waals surface area contributed by atoms with E-state index in [4.69, 9.17) is 0 Å². The van der Waals surface area contributed by atoms with Crippen molar-refractivity contribution in [2.24, 2.45) is 5.92 Å². The molecule has 1 amide bonds. The zero-order valence-electron chi connectivity index (χ0n) is 12.1. The van der Waals surface area contributed by atoms with Crippen LogP contribution in [-0.2, 0) is 10.2 Å². The first-order chi connectivity index (χ1) is 9.68. The maximum absolute atomic E-state index is 12.2. The van der Waals surface area contributed by atoms with Gasteiger partial charge in [0.2, 0.25) is 5.91 Å². The van der Waals surface area contributed by atoms with Gasteiger partial charge in [0.1, 0.15) is 0 Å². The van der Waals surface area contributed by atoms with Gasteiger partial charge in [0.05, 0.1) is 0 Å². The van der Waals surface area contributed by atoms with Gasteiger partial charge in [-0.15, -0.1) is 0 Å². The fourth-order valence-corrected chi connectivity index (χ4v) is 3.80. The van der Waals surface area contributed by atoms with Crippen molar-refractivity contribution in [2.45, 2.75) is 38.0 Å². The predicted molar refractivity (Wildman–Crippen MR) is 79.9 cm³/mol. The molecule has 1 aromatic rings. The first kappa shape index (κ1) is 12.2. The second-order valence-corrected chi connectivity index (χ2v) is 6.78. The van der Waals surface area contributed by atoms with Crippen LogP contribution in [0.15, 0.2) is 18.2 Å². The molecule has 2 aliphatic heterocycles. The van der Waals surface area contributed by atoms with Crippen molar-refractivity contribution in [3.05, 3.63) is 29.3 Å². The number of hydrogen-bond acceptors (Lipinski definition) is 2. The fourth-order valence-electron chi connectivity index (χ4n) is 3.80. The van der Waals surface area contributed by atoms with Gasteiger partial charge < -0.3 is 10.2 Å². The summed E-state index contributed by atoms with van der Waals surface area (Å²) in [7, 11) is 0. The van der Waals surface area contributed by atoms with Crippen LogP contribution in [0, 0.1) is 12.8 Å². The summed E-state index contributed by atoms with van der Waals surface area (Å²) in [5.74, 6) is 0.774. The van der Waals surface area contributed by atoms with Gasteiger partial charge in [-0.2, -0.15) is 0 Å². The van der Waals surface area contributed by atoms with E-state index in [9.17, 15) is 4.79 Å². The molecule has 2 fully saturated rings. The number of nitrogens with zero attached hydrogens (tertiary/aromatic N) is 1. The van der Waals surface area contributed by atoms with Gasteiger partial charge in [-0.05, 0) is 44.2 Å². The van der Waals surface area contributed by atoms with E-state index < -0.39 is 0 Å². The second-order valence-electron chi connectivity index (χ2n) is 6.78. The molecule has 4 rings (SSSR count). The van der Waals surface area contributed by atoms with Crippen molar-refractivity contribution in [1.82, 2.24) is 4.90 Å². The predicted octanol–water partition coefficient (Wildman–Crippen LogP) is 2.69. The molecule has 3 heteroatoms. The smallest absolute Gasteiger partial charge is 0.225 e. The lowest BCUT2D eigenvalue weighted by Gasteiger charge is -2.39. The zero-order valence-corrected chi connectivity index (χ0v) is 12.1. The maximum atomic E-state index is 12.2. The first-order valence-corrected chi connectivity index (χ1v) is 7.82. The van der Waals surface area contributed by atoms with E-state index in [1.54, 1.807) is 0 Å². The lowest BCUT2D eigenvalue weighted by molar-refractivity contribution is -0.134. The summed E-state index contributed by atoms with van der Waals surface area (Å²) < 4.78 is 0. The summed E-state index contributed by atoms with van der Waals surface area (Å²) in [6.07, 6.45) is 4.44. The minimum absolute atomic E-state index is 0.266. The van der Waals surface area contributed by atoms with Gasteiger partial charge in [-0.1, -0.05) is 17.7 Å². The molecule has 3 aliphatic rings. The van der Waals surface area contributed by atoms with E-state index in [1.165, 1.54) is 16.8 Å². The van der Waals surface area contributed by atoms with Crippen LogP contribution in [0.25, 0.3) is 0 Å². The zero-order chi connectivity index (χ0) is 13.7. The number of aryl methyl sites for hydroxylation is 1. The lowest BCUT2D eigenvalue weighted by atomic mass is 9.74. The molecule has 1 aliphatic carbocycles. The molecular weight excluding hydrogens is 248 g/mol. The Balaban J connectivity index is 1.54. The molecule has 106 valence electrons. The number of nitrogens with one attached hydrogen (secondary N) is 1. The third kappa shape index (κ3) is 1.83. The molecule has 1 saturated heterocycles. The van der Waals surface area contributed by atoms with E-state index >= 15 is 0 Å². The van der Waals surface area contributed by atoms with Gasteiger partial charge in [0, 0.05) is 36.7 Å². The van der Waals surface area contributed by atoms with Crippen molar-refractivity contribution in [3.63, 3.8) is 0 Å². The normalized spacial score (nSPS) is 23.6. The van der Waals surface area contributed by atoms with Crippen molar-refractivity contribution in [3.8, 4) is 0 Å². The third-order valence-electron chi connectivity index (χ3n) is 5.32. The fraction of sp³-hybridized carbons (Fsp3) is 0.588. The highest BCUT2D eigenvalue weighted by molar-refractivity contribution is 5.81. The molecule has 2 heterocycles. The van der Waals surface area contributed by atoms with Gasteiger partial charge in [0.15, 0.2) is 0 Å². The summed E-state index contributed by atoms with van der Waals surface area (Å²) in [5, 5.41) is 3.56. The number of carbonyl (C=O) groups is 1. The largest absolute Gasteiger partial charge is 0.384 e. The highest BCUT2D eigenvalue weighted by atomic mass is 16.2. The molecule has 1 aromatic carbocycles. The molecule has 1 saturated carbocycles. The topological polar surface area (TPSA) is 32.3 Å². The Morgan fingerprint density at radius 3 is 2.75 bits per heavy atom. The Morgan fingerprint density at radius 2 is 2.05 bits per heavy atom. The second kappa shape index (κ2) is 4.24. The standard InChI is InChI=1S/C17H22N2O/c1-12-2-5-15-14(10-12)17(11-18-15)6-8-19(9-7-17)16(20)13-3-4-13/h2,5,10,13,18H,3-4,6-9,11H2,1H3. The van der Waals surface area contributed by atoms with Crippen LogP contribution in [0.2, 0.25) is 0 Å². The Kier molecular flexibility index (Phi) is 2.60. The quantitative estimate of drug-likeness (QED) is 0.851. The van der Waals surface area contributed by atoms with E-state index in [0.717, 1.165) is 45.3 Å². The van der Waals surface area contributed by atoms with Crippen molar-refractivity contribution >= 4 is 11.6 Å². The molecule has 0 aromatic heterocycles. The van der Waals surface area contributed by atoms with Gasteiger partial charge in [-0.3, -0.25) is 4.79 Å². The van der Waals surface area contributed by atoms with Gasteiger partial charge >= 0.3 is 0 Å². The number of carbonyl (C=O) groups excluding carboxylic acids is 1. The van der Waals surface area contributed by atoms with Crippen LogP contribution in [0.3, 0.4) is 0 Å². The van der Waals surface area contributed by atoms with Gasteiger partial charge in [0.25, 0.3) is 0 Å². The molecule has 0 bridgehead atoms. The lowest BCUT2D eigenvalue weighted by Crippen LogP contribution is -2.46. The Hall–Kier alpha value is -1.51. The molecular formula is C17H22N2O. The Morgan fingerprint density at radius 1 is 1.30 bits per heavy atom. The number of likely N-dealkylation sites (tertiary alicyclic amines) is 1. The minimum Gasteiger partial charge on any atom is -0.384 e. The summed E-state index contributed by atoms with van der Waals surface area (Å²) in [6.45, 7) is 5.07. The Bertz CT molecular complexity index is 554. The number of rotatable bonds is 1. The molecule has 20 heavy (non-hydrogen) atoms. The van der Waals surface area contributed by atoms with E-state index in [-0.39, 0.29) is 5.41 Å². The number of fused-ring (bicyclic) bond motifs is 2. The number of anilines is 1. The average molecular weight is 270 g/mol. The highest BCUT2D eigenvalue weighted by Gasteiger charge is 2.43. The van der Waals surface area contributed by atoms with Crippen LogP contribution < -0.4 is 5.32 Å². The molecule has 1 N–H and O–H groups in total. The van der Waals surface area contributed by atoms with E-state index in [2.05, 4.69) is 35.3 Å². The van der Waals surface area contributed by atoms with Gasteiger partial charge in [-0.25, -0.2) is 0 Å². The molecule has 0 radical (unpaired) electrons. The SMILES string of the molecule is Cc1ccc2c(c1)C1(CCN(C(=O)C3CC3)CC1)CN2. The van der Waals surface area contributed by atoms with Crippen LogP contribution in [0.4, 0.5) is 5.69 Å².